The highest BCUT2D eigenvalue weighted by Gasteiger charge is 2.26. The number of carbonyl (C=O) groups excluding carboxylic acids is 2. The molecule has 1 atom stereocenters. The molecule has 5 aromatic rings. The zero-order chi connectivity index (χ0) is 24.5. The Morgan fingerprint density at radius 1 is 1.00 bits per heavy atom. The summed E-state index contributed by atoms with van der Waals surface area (Å²) in [6, 6.07) is 15.9. The minimum absolute atomic E-state index is 0.186. The lowest BCUT2D eigenvalue weighted by molar-refractivity contribution is -0.132. The molecule has 0 aliphatic heterocycles. The van der Waals surface area contributed by atoms with Crippen molar-refractivity contribution < 1.29 is 18.4 Å². The Morgan fingerprint density at radius 2 is 1.69 bits per heavy atom. The number of carbonyl (C=O) groups is 2. The van der Waals surface area contributed by atoms with Crippen molar-refractivity contribution >= 4 is 33.8 Å². The van der Waals surface area contributed by atoms with E-state index in [9.17, 15) is 9.59 Å². The first-order valence-corrected chi connectivity index (χ1v) is 11.4. The number of furan rings is 2. The van der Waals surface area contributed by atoms with Crippen LogP contribution < -0.4 is 5.32 Å². The van der Waals surface area contributed by atoms with E-state index in [-0.39, 0.29) is 11.8 Å². The second kappa shape index (κ2) is 9.13. The van der Waals surface area contributed by atoms with Crippen LogP contribution in [0.1, 0.15) is 27.3 Å². The maximum absolute atomic E-state index is 13.6. The first kappa shape index (κ1) is 22.5. The average Bonchev–Trinajstić information content (AvgIpc) is 3.57. The van der Waals surface area contributed by atoms with Crippen LogP contribution in [-0.4, -0.2) is 39.6 Å². The highest BCUT2D eigenvalue weighted by atomic mass is 16.3. The van der Waals surface area contributed by atoms with E-state index in [4.69, 9.17) is 8.83 Å². The molecule has 2 aromatic carbocycles. The van der Waals surface area contributed by atoms with Gasteiger partial charge in [0.15, 0.2) is 0 Å². The third-order valence-electron chi connectivity index (χ3n) is 6.15. The number of hydrogen-bond acceptors (Lipinski definition) is 5. The van der Waals surface area contributed by atoms with Gasteiger partial charge in [0.25, 0.3) is 5.91 Å². The maximum Gasteiger partial charge on any atom is 0.251 e. The lowest BCUT2D eigenvalue weighted by Crippen LogP contribution is -2.48. The molecule has 178 valence electrons. The van der Waals surface area contributed by atoms with Gasteiger partial charge in [0.05, 0.1) is 30.5 Å². The molecule has 0 fully saturated rings. The topological polar surface area (TPSA) is 93.5 Å². The molecule has 2 amide bonds. The van der Waals surface area contributed by atoms with Crippen LogP contribution in [0.25, 0.3) is 21.9 Å². The fourth-order valence-electron chi connectivity index (χ4n) is 4.33. The zero-order valence-corrected chi connectivity index (χ0v) is 19.8. The standard InChI is InChI=1S/C27H26N4O4/c1-17-12-22(31(3)29-17)16-30(2)27(33)23(14-18-4-6-24-19(13-18)8-10-34-24)28-26(32)21-5-7-25-20(15-21)9-11-35-25/h4-13,15,23H,14,16H2,1-3H3,(H,28,32). The summed E-state index contributed by atoms with van der Waals surface area (Å²) >= 11 is 0. The molecule has 35 heavy (non-hydrogen) atoms. The van der Waals surface area contributed by atoms with Crippen molar-refractivity contribution in [1.82, 2.24) is 20.0 Å². The van der Waals surface area contributed by atoms with Gasteiger partial charge in [-0.25, -0.2) is 0 Å². The van der Waals surface area contributed by atoms with E-state index in [0.29, 0.717) is 24.1 Å². The van der Waals surface area contributed by atoms with Crippen LogP contribution >= 0.6 is 0 Å². The van der Waals surface area contributed by atoms with Crippen LogP contribution in [0.15, 0.2) is 76.0 Å². The van der Waals surface area contributed by atoms with Crippen molar-refractivity contribution in [1.29, 1.82) is 0 Å². The normalized spacial score (nSPS) is 12.2. The summed E-state index contributed by atoms with van der Waals surface area (Å²) < 4.78 is 12.6. The van der Waals surface area contributed by atoms with Gasteiger partial charge in [0, 0.05) is 36.9 Å². The lowest BCUT2D eigenvalue weighted by Gasteiger charge is -2.25. The summed E-state index contributed by atoms with van der Waals surface area (Å²) in [6.07, 6.45) is 3.56. The van der Waals surface area contributed by atoms with Crippen molar-refractivity contribution in [3.63, 3.8) is 0 Å². The summed E-state index contributed by atoms with van der Waals surface area (Å²) in [4.78, 5) is 28.4. The Labute approximate surface area is 202 Å². The van der Waals surface area contributed by atoms with Crippen molar-refractivity contribution in [3.8, 4) is 0 Å². The van der Waals surface area contributed by atoms with E-state index in [1.54, 1.807) is 53.4 Å². The van der Waals surface area contributed by atoms with Crippen LogP contribution in [0.2, 0.25) is 0 Å². The van der Waals surface area contributed by atoms with Crippen LogP contribution in [0, 0.1) is 6.92 Å². The zero-order valence-electron chi connectivity index (χ0n) is 19.8. The molecule has 0 aliphatic carbocycles. The number of nitrogens with one attached hydrogen (secondary N) is 1. The molecular weight excluding hydrogens is 444 g/mol. The highest BCUT2D eigenvalue weighted by molar-refractivity contribution is 6.00. The smallest absolute Gasteiger partial charge is 0.251 e. The molecule has 1 N–H and O–H groups in total. The Kier molecular flexibility index (Phi) is 5.86. The third kappa shape index (κ3) is 4.68. The molecule has 8 heteroatoms. The Bertz CT molecular complexity index is 1530. The highest BCUT2D eigenvalue weighted by Crippen LogP contribution is 2.20. The molecule has 5 rings (SSSR count). The Hall–Kier alpha value is -4.33. The predicted molar refractivity (Wildman–Crippen MR) is 132 cm³/mol. The monoisotopic (exact) mass is 470 g/mol. The van der Waals surface area contributed by atoms with Crippen molar-refractivity contribution in [2.75, 3.05) is 7.05 Å². The molecule has 3 aromatic heterocycles. The fourth-order valence-corrected chi connectivity index (χ4v) is 4.33. The van der Waals surface area contributed by atoms with E-state index >= 15 is 0 Å². The van der Waals surface area contributed by atoms with Gasteiger partial charge in [0.2, 0.25) is 5.91 Å². The number of rotatable bonds is 7. The fraction of sp³-hybridized carbons (Fsp3) is 0.222. The van der Waals surface area contributed by atoms with Gasteiger partial charge in [-0.05, 0) is 61.0 Å². The molecule has 8 nitrogen and oxygen atoms in total. The van der Waals surface area contributed by atoms with Crippen molar-refractivity contribution in [3.05, 3.63) is 89.6 Å². The number of aryl methyl sites for hydroxylation is 2. The molecule has 0 radical (unpaired) electrons. The maximum atomic E-state index is 13.6. The largest absolute Gasteiger partial charge is 0.464 e. The van der Waals surface area contributed by atoms with E-state index in [2.05, 4.69) is 10.4 Å². The number of benzene rings is 2. The second-order valence-electron chi connectivity index (χ2n) is 8.79. The number of nitrogens with zero attached hydrogens (tertiary/aromatic N) is 3. The van der Waals surface area contributed by atoms with Gasteiger partial charge in [-0.3, -0.25) is 14.3 Å². The minimum Gasteiger partial charge on any atom is -0.464 e. The van der Waals surface area contributed by atoms with Crippen molar-refractivity contribution in [2.24, 2.45) is 7.05 Å². The summed E-state index contributed by atoms with van der Waals surface area (Å²) in [5, 5.41) is 9.10. The molecule has 0 saturated heterocycles. The van der Waals surface area contributed by atoms with Gasteiger partial charge < -0.3 is 19.1 Å². The molecule has 0 spiro atoms. The first-order chi connectivity index (χ1) is 16.9. The number of aromatic nitrogens is 2. The van der Waals surface area contributed by atoms with Gasteiger partial charge in [-0.2, -0.15) is 5.10 Å². The van der Waals surface area contributed by atoms with Crippen LogP contribution in [0.5, 0.6) is 0 Å². The van der Waals surface area contributed by atoms with E-state index in [1.807, 2.05) is 44.3 Å². The summed E-state index contributed by atoms with van der Waals surface area (Å²) in [5.74, 6) is -0.505. The minimum atomic E-state index is -0.758. The Balaban J connectivity index is 1.40. The van der Waals surface area contributed by atoms with E-state index in [0.717, 1.165) is 33.3 Å². The first-order valence-electron chi connectivity index (χ1n) is 11.4. The number of likely N-dealkylation sites (N-methyl/N-ethyl adjacent to an activating group) is 1. The molecule has 0 aliphatic rings. The average molecular weight is 471 g/mol. The number of hydrogen-bond donors (Lipinski definition) is 1. The predicted octanol–water partition coefficient (Wildman–Crippen LogP) is 4.22. The van der Waals surface area contributed by atoms with Gasteiger partial charge in [-0.15, -0.1) is 0 Å². The van der Waals surface area contributed by atoms with Gasteiger partial charge >= 0.3 is 0 Å². The number of fused-ring (bicyclic) bond motifs is 2. The summed E-state index contributed by atoms with van der Waals surface area (Å²) in [7, 11) is 3.59. The van der Waals surface area contributed by atoms with Gasteiger partial charge in [-0.1, -0.05) is 6.07 Å². The Morgan fingerprint density at radius 3 is 2.37 bits per heavy atom. The van der Waals surface area contributed by atoms with Crippen LogP contribution in [-0.2, 0) is 24.8 Å². The van der Waals surface area contributed by atoms with Crippen molar-refractivity contribution in [2.45, 2.75) is 25.9 Å². The lowest BCUT2D eigenvalue weighted by atomic mass is 10.0. The quantitative estimate of drug-likeness (QED) is 0.384. The van der Waals surface area contributed by atoms with Gasteiger partial charge in [0.1, 0.15) is 17.2 Å². The molecular formula is C27H26N4O4. The van der Waals surface area contributed by atoms with Crippen LogP contribution in [0.3, 0.4) is 0 Å². The molecule has 0 bridgehead atoms. The third-order valence-corrected chi connectivity index (χ3v) is 6.15. The summed E-state index contributed by atoms with van der Waals surface area (Å²) in [5.41, 5.74) is 4.66. The van der Waals surface area contributed by atoms with Crippen LogP contribution in [0.4, 0.5) is 0 Å². The second-order valence-corrected chi connectivity index (χ2v) is 8.79. The SMILES string of the molecule is Cc1cc(CN(C)C(=O)C(Cc2ccc3occc3c2)NC(=O)c2ccc3occc3c2)n(C)n1. The molecule has 3 heterocycles. The summed E-state index contributed by atoms with van der Waals surface area (Å²) in [6.45, 7) is 2.29. The molecule has 1 unspecified atom stereocenters. The molecule has 0 saturated carbocycles. The number of amides is 2. The van der Waals surface area contributed by atoms with E-state index < -0.39 is 6.04 Å². The van der Waals surface area contributed by atoms with E-state index in [1.165, 1.54) is 0 Å².